The monoisotopic (exact) mass is 401 g/mol. The number of hydrogen-bond acceptors (Lipinski definition) is 3. The van der Waals surface area contributed by atoms with Gasteiger partial charge in [0.2, 0.25) is 10.0 Å². The summed E-state index contributed by atoms with van der Waals surface area (Å²) in [5.41, 5.74) is 2.45. The third-order valence-corrected chi connectivity index (χ3v) is 8.45. The summed E-state index contributed by atoms with van der Waals surface area (Å²) in [7, 11) is -3.61. The molecule has 0 amide bonds. The van der Waals surface area contributed by atoms with Gasteiger partial charge in [0.1, 0.15) is 4.75 Å². The van der Waals surface area contributed by atoms with Crippen molar-refractivity contribution in [2.24, 2.45) is 0 Å². The maximum Gasteiger partial charge on any atom is 0.226 e. The Kier molecular flexibility index (Phi) is 5.38. The van der Waals surface area contributed by atoms with E-state index in [2.05, 4.69) is 35.0 Å². The number of aryl methyl sites for hydroxylation is 1. The molecule has 1 aromatic carbocycles. The predicted molar refractivity (Wildman–Crippen MR) is 96.1 cm³/mol. The lowest BCUT2D eigenvalue weighted by Crippen LogP contribution is -2.50. The first-order valence-corrected chi connectivity index (χ1v) is 10.1. The van der Waals surface area contributed by atoms with Gasteiger partial charge in [-0.3, -0.25) is 4.79 Å². The van der Waals surface area contributed by atoms with Crippen LogP contribution in [0.5, 0.6) is 0 Å². The van der Waals surface area contributed by atoms with E-state index in [0.717, 1.165) is 17.3 Å². The molecule has 4 nitrogen and oxygen atoms in total. The van der Waals surface area contributed by atoms with Gasteiger partial charge in [-0.1, -0.05) is 28.1 Å². The van der Waals surface area contributed by atoms with Crippen LogP contribution in [-0.4, -0.2) is 36.3 Å². The predicted octanol–water partition coefficient (Wildman–Crippen LogP) is 3.63. The molecule has 6 heteroatoms. The van der Waals surface area contributed by atoms with E-state index in [-0.39, 0.29) is 5.78 Å². The molecule has 0 spiro atoms. The Hall–Kier alpha value is -0.720. The van der Waals surface area contributed by atoms with Crippen LogP contribution in [0.1, 0.15) is 50.7 Å². The molecule has 0 aromatic heterocycles. The maximum atomic E-state index is 12.7. The topological polar surface area (TPSA) is 54.5 Å². The molecule has 0 radical (unpaired) electrons. The molecular formula is C17H24BrNO3S. The summed E-state index contributed by atoms with van der Waals surface area (Å²) in [6.45, 7) is 7.33. The lowest BCUT2D eigenvalue weighted by Gasteiger charge is -2.36. The van der Waals surface area contributed by atoms with E-state index in [4.69, 9.17) is 0 Å². The maximum absolute atomic E-state index is 12.7. The Morgan fingerprint density at radius 1 is 1.26 bits per heavy atom. The third kappa shape index (κ3) is 3.54. The molecule has 0 aliphatic carbocycles. The Morgan fingerprint density at radius 3 is 2.30 bits per heavy atom. The van der Waals surface area contributed by atoms with Crippen LogP contribution in [0.25, 0.3) is 0 Å². The van der Waals surface area contributed by atoms with Crippen molar-refractivity contribution >= 4 is 31.7 Å². The van der Waals surface area contributed by atoms with E-state index in [0.29, 0.717) is 19.0 Å². The van der Waals surface area contributed by atoms with Crippen molar-refractivity contribution in [2.75, 3.05) is 13.1 Å². The van der Waals surface area contributed by atoms with Gasteiger partial charge in [-0.2, -0.15) is 0 Å². The van der Waals surface area contributed by atoms with Crippen molar-refractivity contribution in [3.05, 3.63) is 33.8 Å². The number of hydrogen-bond donors (Lipinski definition) is 0. The van der Waals surface area contributed by atoms with Crippen LogP contribution in [0.15, 0.2) is 22.7 Å². The number of carbonyl (C=O) groups excluding carboxylic acids is 1. The van der Waals surface area contributed by atoms with Crippen molar-refractivity contribution < 1.29 is 13.2 Å². The lowest BCUT2D eigenvalue weighted by atomic mass is 9.89. The summed E-state index contributed by atoms with van der Waals surface area (Å²) in [5.74, 6) is 0.0526. The molecule has 2 rings (SSSR count). The van der Waals surface area contributed by atoms with Crippen molar-refractivity contribution in [3.63, 3.8) is 0 Å². The molecule has 0 atom stereocenters. The molecular weight excluding hydrogens is 378 g/mol. The number of ketones is 1. The minimum atomic E-state index is -3.61. The average molecular weight is 402 g/mol. The number of Topliss-reactive ketones (excluding diaryl/α,β-unsaturated/α-hetero) is 1. The summed E-state index contributed by atoms with van der Waals surface area (Å²) < 4.78 is 26.6. The fourth-order valence-electron chi connectivity index (χ4n) is 2.86. The minimum absolute atomic E-state index is 0.317. The van der Waals surface area contributed by atoms with Gasteiger partial charge in [0.15, 0.2) is 5.78 Å². The van der Waals surface area contributed by atoms with Gasteiger partial charge in [0, 0.05) is 17.6 Å². The third-order valence-electron chi connectivity index (χ3n) is 4.94. The minimum Gasteiger partial charge on any atom is -0.298 e. The molecule has 0 bridgehead atoms. The van der Waals surface area contributed by atoms with Crippen molar-refractivity contribution in [1.29, 1.82) is 0 Å². The van der Waals surface area contributed by atoms with Gasteiger partial charge >= 0.3 is 0 Å². The van der Waals surface area contributed by atoms with Crippen LogP contribution in [-0.2, 0) is 14.8 Å². The zero-order valence-corrected chi connectivity index (χ0v) is 16.5. The number of rotatable bonds is 4. The van der Waals surface area contributed by atoms with E-state index < -0.39 is 14.8 Å². The van der Waals surface area contributed by atoms with E-state index in [1.165, 1.54) is 36.2 Å². The zero-order chi connectivity index (χ0) is 17.4. The quantitative estimate of drug-likeness (QED) is 0.773. The summed E-state index contributed by atoms with van der Waals surface area (Å²) >= 11 is 3.50. The van der Waals surface area contributed by atoms with Crippen LogP contribution < -0.4 is 0 Å². The van der Waals surface area contributed by atoms with Gasteiger partial charge in [-0.15, -0.1) is 0 Å². The number of carbonyl (C=O) groups is 1. The van der Waals surface area contributed by atoms with Crippen LogP contribution in [0, 0.1) is 6.92 Å². The van der Waals surface area contributed by atoms with Crippen molar-refractivity contribution in [2.45, 2.75) is 51.2 Å². The Bertz CT molecular complexity index is 705. The highest BCUT2D eigenvalue weighted by Crippen LogP contribution is 2.33. The van der Waals surface area contributed by atoms with Crippen LogP contribution in [0.3, 0.4) is 0 Å². The number of piperidine rings is 1. The number of sulfonamides is 1. The van der Waals surface area contributed by atoms with E-state index in [9.17, 15) is 13.2 Å². The van der Waals surface area contributed by atoms with Crippen LogP contribution in [0.2, 0.25) is 0 Å². The summed E-state index contributed by atoms with van der Waals surface area (Å²) in [6.07, 6.45) is 1.57. The van der Waals surface area contributed by atoms with Crippen molar-refractivity contribution in [3.8, 4) is 0 Å². The number of halogens is 1. The van der Waals surface area contributed by atoms with Gasteiger partial charge in [0.05, 0.1) is 0 Å². The molecule has 23 heavy (non-hydrogen) atoms. The highest BCUT2D eigenvalue weighted by atomic mass is 79.9. The fourth-order valence-corrected chi connectivity index (χ4v) is 4.80. The summed E-state index contributed by atoms with van der Waals surface area (Å²) in [5, 5.41) is 0. The van der Waals surface area contributed by atoms with Crippen molar-refractivity contribution in [1.82, 2.24) is 4.31 Å². The van der Waals surface area contributed by atoms with E-state index in [1.54, 1.807) is 0 Å². The molecule has 0 saturated carbocycles. The number of nitrogens with zero attached hydrogens (tertiary/aromatic N) is 1. The largest absolute Gasteiger partial charge is 0.298 e. The lowest BCUT2D eigenvalue weighted by molar-refractivity contribution is -0.118. The second-order valence-corrected chi connectivity index (χ2v) is 10.1. The zero-order valence-electron chi connectivity index (χ0n) is 14.1. The first kappa shape index (κ1) is 18.6. The first-order chi connectivity index (χ1) is 10.6. The van der Waals surface area contributed by atoms with Gasteiger partial charge < -0.3 is 0 Å². The molecule has 0 N–H and O–H groups in total. The van der Waals surface area contributed by atoms with Crippen LogP contribution >= 0.6 is 15.9 Å². The van der Waals surface area contributed by atoms with E-state index in [1.807, 2.05) is 6.07 Å². The average Bonchev–Trinajstić information content (AvgIpc) is 2.49. The van der Waals surface area contributed by atoms with Crippen LogP contribution in [0.4, 0.5) is 0 Å². The second kappa shape index (κ2) is 6.65. The molecule has 1 aliphatic heterocycles. The highest BCUT2D eigenvalue weighted by Gasteiger charge is 2.44. The SMILES string of the molecule is CC(=O)C(C)(C)S(=O)(=O)N1CCC(c2ccc(Br)c(C)c2)CC1. The van der Waals surface area contributed by atoms with Gasteiger partial charge in [0.25, 0.3) is 0 Å². The molecule has 128 valence electrons. The number of benzene rings is 1. The first-order valence-electron chi connectivity index (χ1n) is 7.84. The summed E-state index contributed by atoms with van der Waals surface area (Å²) in [6, 6.07) is 6.32. The Labute approximate surface area is 147 Å². The fraction of sp³-hybridized carbons (Fsp3) is 0.588. The summed E-state index contributed by atoms with van der Waals surface area (Å²) in [4.78, 5) is 11.7. The molecule has 1 saturated heterocycles. The Balaban J connectivity index is 2.12. The second-order valence-electron chi connectivity index (χ2n) is 6.75. The highest BCUT2D eigenvalue weighted by molar-refractivity contribution is 9.10. The smallest absolute Gasteiger partial charge is 0.226 e. The molecule has 0 unspecified atom stereocenters. The molecule has 1 aliphatic rings. The Morgan fingerprint density at radius 2 is 1.83 bits per heavy atom. The van der Waals surface area contributed by atoms with Gasteiger partial charge in [-0.05, 0) is 63.6 Å². The standard InChI is InChI=1S/C17H24BrNO3S/c1-12-11-15(5-6-16(12)18)14-7-9-19(10-8-14)23(21,22)17(3,4)13(2)20/h5-6,11,14H,7-10H2,1-4H3. The normalized spacial score (nSPS) is 18.1. The van der Waals surface area contributed by atoms with Gasteiger partial charge in [-0.25, -0.2) is 12.7 Å². The van der Waals surface area contributed by atoms with E-state index >= 15 is 0 Å². The molecule has 1 aromatic rings. The molecule has 1 heterocycles. The molecule has 1 fully saturated rings.